The Morgan fingerprint density at radius 1 is 0.881 bits per heavy atom. The average Bonchev–Trinajstić information content (AvgIpc) is 2.99. The lowest BCUT2D eigenvalue weighted by atomic mass is 9.85. The lowest BCUT2D eigenvalue weighted by Gasteiger charge is -2.43. The van der Waals surface area contributed by atoms with Gasteiger partial charge >= 0.3 is 0 Å². The molecule has 3 N–H and O–H groups in total. The second-order valence-corrected chi connectivity index (χ2v) is 13.7. The summed E-state index contributed by atoms with van der Waals surface area (Å²) in [6.45, 7) is 11.8. The summed E-state index contributed by atoms with van der Waals surface area (Å²) in [5.41, 5.74) is -0.284. The molecule has 3 fully saturated rings. The van der Waals surface area contributed by atoms with Gasteiger partial charge in [0.25, 0.3) is 0 Å². The molecule has 42 heavy (non-hydrogen) atoms. The van der Waals surface area contributed by atoms with Crippen LogP contribution in [0.2, 0.25) is 0 Å². The van der Waals surface area contributed by atoms with E-state index in [9.17, 15) is 10.2 Å². The van der Waals surface area contributed by atoms with Crippen LogP contribution in [0.5, 0.6) is 0 Å². The Balaban J connectivity index is 1.82. The molecule has 3 aliphatic rings. The number of aliphatic hydroxyl groups is 2. The number of fused-ring (bicyclic) bond motifs is 7. The van der Waals surface area contributed by atoms with Crippen LogP contribution >= 0.6 is 24.0 Å². The summed E-state index contributed by atoms with van der Waals surface area (Å²) >= 11 is 7.57. The first-order valence-corrected chi connectivity index (χ1v) is 18.2. The zero-order valence-electron chi connectivity index (χ0n) is 26.7. The molecule has 3 heterocycles. The molecule has 0 amide bonds. The van der Waals surface area contributed by atoms with Crippen molar-refractivity contribution in [3.8, 4) is 0 Å². The van der Waals surface area contributed by atoms with Gasteiger partial charge in [-0.2, -0.15) is 11.8 Å². The zero-order valence-corrected chi connectivity index (χ0v) is 28.3. The average molecular weight is 636 g/mol. The van der Waals surface area contributed by atoms with Crippen molar-refractivity contribution < 1.29 is 33.9 Å². The summed E-state index contributed by atoms with van der Waals surface area (Å²) in [4.78, 5) is 0.858. The highest BCUT2D eigenvalue weighted by atomic mass is 32.2. The largest absolute Gasteiger partial charge is 0.390 e. The molecule has 0 aromatic rings. The Kier molecular flexibility index (Phi) is 21.2. The van der Waals surface area contributed by atoms with Gasteiger partial charge in [0.05, 0.1) is 42.4 Å². The van der Waals surface area contributed by atoms with Crippen LogP contribution in [0, 0.1) is 11.3 Å². The molecule has 0 saturated carbocycles. The van der Waals surface area contributed by atoms with Crippen LogP contribution in [0.4, 0.5) is 0 Å². The third-order valence-corrected chi connectivity index (χ3v) is 9.59. The van der Waals surface area contributed by atoms with Crippen molar-refractivity contribution in [3.05, 3.63) is 0 Å². The van der Waals surface area contributed by atoms with E-state index >= 15 is 0 Å². The maximum Gasteiger partial charge on any atom is 0.186 e. The molecule has 0 aromatic heterocycles. The van der Waals surface area contributed by atoms with Crippen molar-refractivity contribution in [2.45, 2.75) is 122 Å². The fourth-order valence-electron chi connectivity index (χ4n) is 5.30. The molecule has 8 nitrogen and oxygen atoms in total. The number of nitrogens with one attached hydrogen (secondary N) is 1. The van der Waals surface area contributed by atoms with Gasteiger partial charge in [-0.25, -0.2) is 0 Å². The van der Waals surface area contributed by atoms with Gasteiger partial charge < -0.3 is 39.2 Å². The number of thioether (sulfide) groups is 1. The summed E-state index contributed by atoms with van der Waals surface area (Å²) in [6.07, 6.45) is 9.55. The van der Waals surface area contributed by atoms with Gasteiger partial charge in [-0.1, -0.05) is 65.1 Å². The van der Waals surface area contributed by atoms with Crippen LogP contribution in [-0.2, 0) is 23.7 Å². The van der Waals surface area contributed by atoms with E-state index in [0.29, 0.717) is 33.0 Å². The number of unbranched alkanes of at least 4 members (excludes halogenated alkanes) is 3. The number of hydrogen-bond acceptors (Lipinski definition) is 9. The normalized spacial score (nSPS) is 25.0. The van der Waals surface area contributed by atoms with Crippen molar-refractivity contribution in [1.29, 1.82) is 0 Å². The zero-order chi connectivity index (χ0) is 30.5. The van der Waals surface area contributed by atoms with E-state index in [4.69, 9.17) is 35.9 Å². The van der Waals surface area contributed by atoms with Gasteiger partial charge in [-0.15, -0.1) is 0 Å². The summed E-state index contributed by atoms with van der Waals surface area (Å²) in [6, 6.07) is 0. The van der Waals surface area contributed by atoms with E-state index in [-0.39, 0.29) is 17.4 Å². The van der Waals surface area contributed by atoms with Crippen LogP contribution in [0.1, 0.15) is 97.8 Å². The van der Waals surface area contributed by atoms with Crippen LogP contribution in [0.15, 0.2) is 0 Å². The first-order chi connectivity index (χ1) is 20.5. The predicted octanol–water partition coefficient (Wildman–Crippen LogP) is 5.51. The highest BCUT2D eigenvalue weighted by Crippen LogP contribution is 2.34. The molecule has 0 aliphatic carbocycles. The molecule has 2 bridgehead atoms. The van der Waals surface area contributed by atoms with Gasteiger partial charge in [-0.3, -0.25) is 0 Å². The van der Waals surface area contributed by atoms with Gasteiger partial charge in [-0.05, 0) is 50.7 Å². The summed E-state index contributed by atoms with van der Waals surface area (Å²) in [7, 11) is 0. The van der Waals surface area contributed by atoms with Gasteiger partial charge in [0.2, 0.25) is 0 Å². The van der Waals surface area contributed by atoms with E-state index in [2.05, 4.69) is 26.1 Å². The molecule has 3 aliphatic heterocycles. The number of rotatable bonds is 23. The van der Waals surface area contributed by atoms with Crippen LogP contribution in [-0.4, -0.2) is 104 Å². The third kappa shape index (κ3) is 14.8. The number of thiocarbonyl (C=S) groups is 1. The highest BCUT2D eigenvalue weighted by Gasteiger charge is 2.44. The number of ether oxygens (including phenoxy) is 5. The van der Waals surface area contributed by atoms with Crippen LogP contribution in [0.3, 0.4) is 0 Å². The maximum absolute atomic E-state index is 10.7. The first-order valence-electron chi connectivity index (χ1n) is 16.7. The molecule has 3 saturated heterocycles. The quantitative estimate of drug-likeness (QED) is 0.0986. The minimum Gasteiger partial charge on any atom is -0.390 e. The van der Waals surface area contributed by atoms with Crippen molar-refractivity contribution in [1.82, 2.24) is 5.32 Å². The molecule has 0 radical (unpaired) electrons. The molecule has 0 spiro atoms. The molecular weight excluding hydrogens is 574 g/mol. The highest BCUT2D eigenvalue weighted by molar-refractivity contribution is 7.99. The standard InChI is InChI=1S/C32H61NO7S2/c1-4-7-16-36-23-32(24-37-17-8-5-2,25-38-18-9-6-3)22-33-28(41)15-13-20-42-21-27-26-14-11-10-12-19-39-31(40-27)30(35)29(26)34/h26-27,29-31,34-35H,4-25H2,1-3H3,(H,33,41)/t26?,27?,29?,30?,31-/m1/s1. The second-order valence-electron chi connectivity index (χ2n) is 12.1. The van der Waals surface area contributed by atoms with Crippen LogP contribution < -0.4 is 5.32 Å². The Bertz CT molecular complexity index is 656. The topological polar surface area (TPSA) is 98.6 Å². The maximum atomic E-state index is 10.7. The van der Waals surface area contributed by atoms with E-state index in [1.165, 1.54) is 0 Å². The van der Waals surface area contributed by atoms with E-state index in [1.807, 2.05) is 11.8 Å². The second kappa shape index (κ2) is 23.3. The number of hydrogen-bond donors (Lipinski definition) is 3. The van der Waals surface area contributed by atoms with Gasteiger partial charge in [0.1, 0.15) is 6.10 Å². The van der Waals surface area contributed by atoms with E-state index in [0.717, 1.165) is 113 Å². The van der Waals surface area contributed by atoms with E-state index < -0.39 is 18.5 Å². The molecule has 10 heteroatoms. The first kappa shape index (κ1) is 38.1. The van der Waals surface area contributed by atoms with Crippen molar-refractivity contribution in [3.63, 3.8) is 0 Å². The SMILES string of the molecule is CCCCOCC(CNC(=S)CCCSCC1O[C@H]2OCCCCCC1C(O)C2O)(COCCCC)COCCCC. The smallest absolute Gasteiger partial charge is 0.186 e. The monoisotopic (exact) mass is 635 g/mol. The van der Waals surface area contributed by atoms with Crippen molar-refractivity contribution >= 4 is 29.0 Å². The fourth-order valence-corrected chi connectivity index (χ4v) is 6.59. The fraction of sp³-hybridized carbons (Fsp3) is 0.969. The van der Waals surface area contributed by atoms with Gasteiger partial charge in [0.15, 0.2) is 6.29 Å². The van der Waals surface area contributed by atoms with Gasteiger partial charge in [0, 0.05) is 44.6 Å². The number of aliphatic hydroxyl groups excluding tert-OH is 2. The Morgan fingerprint density at radius 2 is 1.50 bits per heavy atom. The molecule has 5 atom stereocenters. The minimum absolute atomic E-state index is 0.0556. The Hall–Kier alpha value is -0.0400. The summed E-state index contributed by atoms with van der Waals surface area (Å²) in [5, 5.41) is 24.7. The molecule has 3 rings (SSSR count). The molecular formula is C32H61NO7S2. The Morgan fingerprint density at radius 3 is 2.10 bits per heavy atom. The predicted molar refractivity (Wildman–Crippen MR) is 175 cm³/mol. The summed E-state index contributed by atoms with van der Waals surface area (Å²) < 4.78 is 30.2. The summed E-state index contributed by atoms with van der Waals surface area (Å²) in [5.74, 6) is 1.67. The molecule has 248 valence electrons. The molecule has 4 unspecified atom stereocenters. The van der Waals surface area contributed by atoms with Crippen molar-refractivity contribution in [2.75, 3.05) is 64.3 Å². The van der Waals surface area contributed by atoms with E-state index in [1.54, 1.807) is 0 Å². The lowest BCUT2D eigenvalue weighted by Crippen LogP contribution is -2.56. The van der Waals surface area contributed by atoms with Crippen LogP contribution in [0.25, 0.3) is 0 Å². The third-order valence-electron chi connectivity index (χ3n) is 8.10. The van der Waals surface area contributed by atoms with Crippen molar-refractivity contribution in [2.24, 2.45) is 11.3 Å². The minimum atomic E-state index is -0.976. The lowest BCUT2D eigenvalue weighted by molar-refractivity contribution is -0.284. The molecule has 0 aromatic carbocycles. The Labute approximate surface area is 265 Å².